The van der Waals surface area contributed by atoms with Gasteiger partial charge in [0, 0.05) is 11.0 Å². The van der Waals surface area contributed by atoms with Crippen LogP contribution >= 0.6 is 15.9 Å². The van der Waals surface area contributed by atoms with Crippen LogP contribution in [0.25, 0.3) is 0 Å². The number of hydrogen-bond donors (Lipinski definition) is 1. The zero-order chi connectivity index (χ0) is 11.8. The van der Waals surface area contributed by atoms with Gasteiger partial charge in [0.05, 0.1) is 4.90 Å². The summed E-state index contributed by atoms with van der Waals surface area (Å²) >= 11 is 3.31. The Morgan fingerprint density at radius 3 is 2.94 bits per heavy atom. The summed E-state index contributed by atoms with van der Waals surface area (Å²) in [5, 5.41) is 0. The highest BCUT2D eigenvalue weighted by Gasteiger charge is 2.25. The Labute approximate surface area is 104 Å². The standard InChI is InChI=1S/C11H14BrNO2S/c1-2-8-5-9-3-4-10(12)6-11(9)16(14,15)13-7-8/h3-4,6,8,13H,2,5,7H2,1H3. The fourth-order valence-corrected chi connectivity index (χ4v) is 3.83. The minimum absolute atomic E-state index is 0.386. The van der Waals surface area contributed by atoms with Gasteiger partial charge in [-0.3, -0.25) is 0 Å². The molecule has 3 nitrogen and oxygen atoms in total. The van der Waals surface area contributed by atoms with Gasteiger partial charge >= 0.3 is 0 Å². The number of halogens is 1. The number of hydrogen-bond acceptors (Lipinski definition) is 2. The van der Waals surface area contributed by atoms with E-state index in [-0.39, 0.29) is 0 Å². The highest BCUT2D eigenvalue weighted by atomic mass is 79.9. The van der Waals surface area contributed by atoms with Crippen LogP contribution in [0.1, 0.15) is 18.9 Å². The molecule has 0 saturated carbocycles. The summed E-state index contributed by atoms with van der Waals surface area (Å²) in [6, 6.07) is 5.47. The number of fused-ring (bicyclic) bond motifs is 1. The fraction of sp³-hybridized carbons (Fsp3) is 0.455. The maximum absolute atomic E-state index is 12.0. The van der Waals surface area contributed by atoms with Gasteiger partial charge in [-0.2, -0.15) is 0 Å². The highest BCUT2D eigenvalue weighted by Crippen LogP contribution is 2.26. The number of rotatable bonds is 1. The van der Waals surface area contributed by atoms with Gasteiger partial charge in [0.2, 0.25) is 10.0 Å². The van der Waals surface area contributed by atoms with Gasteiger partial charge in [-0.1, -0.05) is 35.3 Å². The molecule has 5 heteroatoms. The largest absolute Gasteiger partial charge is 0.240 e. The van der Waals surface area contributed by atoms with Crippen LogP contribution in [0.5, 0.6) is 0 Å². The third kappa shape index (κ3) is 2.31. The van der Waals surface area contributed by atoms with E-state index in [1.165, 1.54) is 0 Å². The van der Waals surface area contributed by atoms with Crippen molar-refractivity contribution in [3.05, 3.63) is 28.2 Å². The normalized spacial score (nSPS) is 23.5. The zero-order valence-electron chi connectivity index (χ0n) is 9.03. The Hall–Kier alpha value is -0.390. The summed E-state index contributed by atoms with van der Waals surface area (Å²) < 4.78 is 27.4. The molecule has 0 aromatic heterocycles. The van der Waals surface area contributed by atoms with E-state index in [1.54, 1.807) is 6.07 Å². The monoisotopic (exact) mass is 303 g/mol. The van der Waals surface area contributed by atoms with Gasteiger partial charge in [-0.25, -0.2) is 13.1 Å². The first-order chi connectivity index (χ1) is 7.53. The minimum Gasteiger partial charge on any atom is -0.211 e. The maximum atomic E-state index is 12.0. The van der Waals surface area contributed by atoms with Crippen LogP contribution in [0.15, 0.2) is 27.6 Å². The van der Waals surface area contributed by atoms with Gasteiger partial charge in [-0.15, -0.1) is 0 Å². The molecule has 0 spiro atoms. The van der Waals surface area contributed by atoms with E-state index in [1.807, 2.05) is 12.1 Å². The second kappa shape index (κ2) is 4.47. The second-order valence-corrected chi connectivity index (χ2v) is 6.73. The van der Waals surface area contributed by atoms with Crippen molar-refractivity contribution in [3.63, 3.8) is 0 Å². The SMILES string of the molecule is CCC1CNS(=O)(=O)c2cc(Br)ccc2C1. The van der Waals surface area contributed by atoms with E-state index < -0.39 is 10.0 Å². The quantitative estimate of drug-likeness (QED) is 0.865. The van der Waals surface area contributed by atoms with E-state index in [0.29, 0.717) is 17.4 Å². The lowest BCUT2D eigenvalue weighted by molar-refractivity contribution is 0.499. The van der Waals surface area contributed by atoms with Crippen LogP contribution in [0.4, 0.5) is 0 Å². The summed E-state index contributed by atoms with van der Waals surface area (Å²) in [7, 11) is -3.32. The lowest BCUT2D eigenvalue weighted by atomic mass is 9.97. The summed E-state index contributed by atoms with van der Waals surface area (Å²) in [6.45, 7) is 2.62. The van der Waals surface area contributed by atoms with E-state index >= 15 is 0 Å². The summed E-state index contributed by atoms with van der Waals surface area (Å²) in [6.07, 6.45) is 1.81. The van der Waals surface area contributed by atoms with Crippen molar-refractivity contribution in [2.75, 3.05) is 6.54 Å². The third-order valence-corrected chi connectivity index (χ3v) is 4.97. The van der Waals surface area contributed by atoms with Crippen molar-refractivity contribution in [2.24, 2.45) is 5.92 Å². The van der Waals surface area contributed by atoms with E-state index in [4.69, 9.17) is 0 Å². The van der Waals surface area contributed by atoms with Crippen LogP contribution in [-0.4, -0.2) is 15.0 Å². The predicted octanol–water partition coefficient (Wildman–Crippen LogP) is 2.31. The summed E-state index contributed by atoms with van der Waals surface area (Å²) in [4.78, 5) is 0.415. The average Bonchev–Trinajstić information content (AvgIpc) is 2.37. The molecule has 88 valence electrons. The Bertz CT molecular complexity index is 499. The van der Waals surface area contributed by atoms with Crippen LogP contribution in [0.2, 0.25) is 0 Å². The Kier molecular flexibility index (Phi) is 3.37. The van der Waals surface area contributed by atoms with Gasteiger partial charge in [0.25, 0.3) is 0 Å². The molecular formula is C11H14BrNO2S. The highest BCUT2D eigenvalue weighted by molar-refractivity contribution is 9.10. The molecule has 0 saturated heterocycles. The summed E-state index contributed by atoms with van der Waals surface area (Å²) in [5.41, 5.74) is 0.917. The van der Waals surface area contributed by atoms with Crippen LogP contribution in [0, 0.1) is 5.92 Å². The molecule has 0 amide bonds. The average molecular weight is 304 g/mol. The molecular weight excluding hydrogens is 290 g/mol. The molecule has 1 aliphatic rings. The number of sulfonamides is 1. The second-order valence-electron chi connectivity index (χ2n) is 4.08. The van der Waals surface area contributed by atoms with Crippen molar-refractivity contribution in [3.8, 4) is 0 Å². The van der Waals surface area contributed by atoms with Crippen LogP contribution < -0.4 is 4.72 Å². The Balaban J connectivity index is 2.54. The van der Waals surface area contributed by atoms with Gasteiger partial charge < -0.3 is 0 Å². The third-order valence-electron chi connectivity index (χ3n) is 2.97. The molecule has 1 unspecified atom stereocenters. The minimum atomic E-state index is -3.32. The van der Waals surface area contributed by atoms with Crippen LogP contribution in [-0.2, 0) is 16.4 Å². The molecule has 1 aromatic rings. The molecule has 0 bridgehead atoms. The van der Waals surface area contributed by atoms with Gasteiger partial charge in [0.1, 0.15) is 0 Å². The molecule has 0 aliphatic carbocycles. The molecule has 1 N–H and O–H groups in total. The van der Waals surface area contributed by atoms with E-state index in [0.717, 1.165) is 22.9 Å². The first-order valence-electron chi connectivity index (χ1n) is 5.31. The number of nitrogens with one attached hydrogen (secondary N) is 1. The van der Waals surface area contributed by atoms with Crippen molar-refractivity contribution in [1.29, 1.82) is 0 Å². The molecule has 0 fully saturated rings. The lowest BCUT2D eigenvalue weighted by Crippen LogP contribution is -2.26. The van der Waals surface area contributed by atoms with Crippen molar-refractivity contribution in [1.82, 2.24) is 4.72 Å². The van der Waals surface area contributed by atoms with Crippen molar-refractivity contribution in [2.45, 2.75) is 24.7 Å². The maximum Gasteiger partial charge on any atom is 0.240 e. The van der Waals surface area contributed by atoms with E-state index in [2.05, 4.69) is 27.6 Å². The molecule has 1 atom stereocenters. The first kappa shape index (κ1) is 12.1. The molecule has 1 aromatic carbocycles. The molecule has 2 rings (SSSR count). The van der Waals surface area contributed by atoms with Crippen molar-refractivity contribution >= 4 is 26.0 Å². The Morgan fingerprint density at radius 1 is 1.50 bits per heavy atom. The summed E-state index contributed by atoms with van der Waals surface area (Å²) in [5.74, 6) is 0.386. The zero-order valence-corrected chi connectivity index (χ0v) is 11.4. The first-order valence-corrected chi connectivity index (χ1v) is 7.58. The number of benzene rings is 1. The lowest BCUT2D eigenvalue weighted by Gasteiger charge is -2.10. The Morgan fingerprint density at radius 2 is 2.25 bits per heavy atom. The van der Waals surface area contributed by atoms with E-state index in [9.17, 15) is 8.42 Å². The molecule has 1 heterocycles. The fourth-order valence-electron chi connectivity index (χ4n) is 1.92. The molecule has 16 heavy (non-hydrogen) atoms. The van der Waals surface area contributed by atoms with Crippen molar-refractivity contribution < 1.29 is 8.42 Å². The topological polar surface area (TPSA) is 46.2 Å². The van der Waals surface area contributed by atoms with Gasteiger partial charge in [-0.05, 0) is 30.0 Å². The van der Waals surface area contributed by atoms with Gasteiger partial charge in [0.15, 0.2) is 0 Å². The smallest absolute Gasteiger partial charge is 0.211 e. The molecule has 0 radical (unpaired) electrons. The molecule has 1 aliphatic heterocycles. The van der Waals surface area contributed by atoms with Crippen LogP contribution in [0.3, 0.4) is 0 Å². The predicted molar refractivity (Wildman–Crippen MR) is 66.8 cm³/mol.